The van der Waals surface area contributed by atoms with Crippen LogP contribution in [0.5, 0.6) is 5.75 Å². The predicted molar refractivity (Wildman–Crippen MR) is 60.3 cm³/mol. The molecule has 0 fully saturated rings. The van der Waals surface area contributed by atoms with Crippen molar-refractivity contribution < 1.29 is 14.6 Å². The van der Waals surface area contributed by atoms with Gasteiger partial charge in [0.05, 0.1) is 7.11 Å². The van der Waals surface area contributed by atoms with Gasteiger partial charge in [0, 0.05) is 9.13 Å². The average molecular weight is 307 g/mol. The molecule has 0 aromatic heterocycles. The molecule has 14 heavy (non-hydrogen) atoms. The Morgan fingerprint density at radius 2 is 2.29 bits per heavy atom. The Balaban J connectivity index is 3.23. The predicted octanol–water partition coefficient (Wildman–Crippen LogP) is 1.38. The van der Waals surface area contributed by atoms with Crippen LogP contribution in [0.4, 0.5) is 0 Å². The summed E-state index contributed by atoms with van der Waals surface area (Å²) >= 11 is 2.03. The molecular formula is C9H10INO3. The molecule has 0 aliphatic rings. The van der Waals surface area contributed by atoms with E-state index in [0.717, 1.165) is 3.57 Å². The number of rotatable bonds is 3. The summed E-state index contributed by atoms with van der Waals surface area (Å²) in [6, 6.07) is 4.23. The Bertz CT molecular complexity index is 354. The van der Waals surface area contributed by atoms with Gasteiger partial charge < -0.3 is 15.6 Å². The van der Waals surface area contributed by atoms with Gasteiger partial charge in [-0.15, -0.1) is 0 Å². The van der Waals surface area contributed by atoms with E-state index in [1.54, 1.807) is 18.2 Å². The van der Waals surface area contributed by atoms with Crippen LogP contribution in [0.25, 0.3) is 0 Å². The lowest BCUT2D eigenvalue weighted by molar-refractivity contribution is -0.138. The van der Waals surface area contributed by atoms with Crippen LogP contribution >= 0.6 is 22.6 Å². The molecule has 0 aliphatic heterocycles. The molecule has 0 heterocycles. The number of hydrogen-bond donors (Lipinski definition) is 2. The Kier molecular flexibility index (Phi) is 3.70. The van der Waals surface area contributed by atoms with Crippen LogP contribution in [0.3, 0.4) is 0 Å². The molecule has 1 aromatic carbocycles. The molecule has 0 amide bonds. The van der Waals surface area contributed by atoms with Crippen molar-refractivity contribution in [3.05, 3.63) is 27.3 Å². The van der Waals surface area contributed by atoms with E-state index < -0.39 is 12.0 Å². The van der Waals surface area contributed by atoms with Gasteiger partial charge in [-0.25, -0.2) is 0 Å². The number of methoxy groups -OCH3 is 1. The summed E-state index contributed by atoms with van der Waals surface area (Å²) in [5, 5.41) is 8.80. The smallest absolute Gasteiger partial charge is 0.325 e. The molecule has 76 valence electrons. The van der Waals surface area contributed by atoms with Crippen LogP contribution < -0.4 is 10.5 Å². The lowest BCUT2D eigenvalue weighted by Crippen LogP contribution is -2.22. The second kappa shape index (κ2) is 4.61. The topological polar surface area (TPSA) is 72.5 Å². The van der Waals surface area contributed by atoms with Crippen molar-refractivity contribution in [1.82, 2.24) is 0 Å². The maximum Gasteiger partial charge on any atom is 0.325 e. The monoisotopic (exact) mass is 307 g/mol. The molecule has 1 aromatic rings. The fraction of sp³-hybridized carbons (Fsp3) is 0.222. The number of aliphatic carboxylic acids is 1. The van der Waals surface area contributed by atoms with Crippen molar-refractivity contribution in [2.75, 3.05) is 7.11 Å². The van der Waals surface area contributed by atoms with Crippen molar-refractivity contribution in [1.29, 1.82) is 0 Å². The van der Waals surface area contributed by atoms with Crippen molar-refractivity contribution >= 4 is 28.6 Å². The van der Waals surface area contributed by atoms with Crippen LogP contribution in [0.2, 0.25) is 0 Å². The van der Waals surface area contributed by atoms with Crippen molar-refractivity contribution in [2.45, 2.75) is 6.04 Å². The molecule has 1 rings (SSSR count). The summed E-state index contributed by atoms with van der Waals surface area (Å²) < 4.78 is 5.84. The van der Waals surface area contributed by atoms with E-state index in [1.165, 1.54) is 7.11 Å². The van der Waals surface area contributed by atoms with E-state index in [2.05, 4.69) is 0 Å². The van der Waals surface area contributed by atoms with E-state index in [9.17, 15) is 4.79 Å². The SMILES string of the molecule is COc1cccc(I)c1[C@H](N)C(=O)O. The van der Waals surface area contributed by atoms with E-state index in [4.69, 9.17) is 15.6 Å². The molecular weight excluding hydrogens is 297 g/mol. The number of carboxylic acids is 1. The Hall–Kier alpha value is -0.820. The third-order valence-corrected chi connectivity index (χ3v) is 2.75. The fourth-order valence-corrected chi connectivity index (χ4v) is 1.93. The normalized spacial score (nSPS) is 12.2. The number of halogens is 1. The molecule has 5 heteroatoms. The second-order valence-corrected chi connectivity index (χ2v) is 3.83. The van der Waals surface area contributed by atoms with Gasteiger partial charge in [-0.1, -0.05) is 6.07 Å². The highest BCUT2D eigenvalue weighted by Crippen LogP contribution is 2.28. The zero-order valence-corrected chi connectivity index (χ0v) is 9.69. The summed E-state index contributed by atoms with van der Waals surface area (Å²) in [6.45, 7) is 0. The minimum absolute atomic E-state index is 0.506. The molecule has 0 saturated heterocycles. The lowest BCUT2D eigenvalue weighted by Gasteiger charge is -2.13. The quantitative estimate of drug-likeness (QED) is 0.828. The molecule has 4 nitrogen and oxygen atoms in total. The molecule has 0 spiro atoms. The van der Waals surface area contributed by atoms with Gasteiger partial charge in [0.25, 0.3) is 0 Å². The van der Waals surface area contributed by atoms with Crippen LogP contribution in [-0.4, -0.2) is 18.2 Å². The zero-order valence-electron chi connectivity index (χ0n) is 7.53. The molecule has 0 saturated carbocycles. The van der Waals surface area contributed by atoms with Gasteiger partial charge in [0.15, 0.2) is 0 Å². The first-order chi connectivity index (χ1) is 6.57. The van der Waals surface area contributed by atoms with Crippen molar-refractivity contribution in [3.8, 4) is 5.75 Å². The fourth-order valence-electron chi connectivity index (χ4n) is 1.12. The Morgan fingerprint density at radius 3 is 2.79 bits per heavy atom. The van der Waals surface area contributed by atoms with Crippen LogP contribution in [0, 0.1) is 3.57 Å². The van der Waals surface area contributed by atoms with E-state index in [0.29, 0.717) is 11.3 Å². The summed E-state index contributed by atoms with van der Waals surface area (Å²) in [5.74, 6) is -0.556. The Morgan fingerprint density at radius 1 is 1.64 bits per heavy atom. The minimum Gasteiger partial charge on any atom is -0.496 e. The molecule has 0 aliphatic carbocycles. The van der Waals surface area contributed by atoms with Gasteiger partial charge in [-0.2, -0.15) is 0 Å². The molecule has 1 atom stereocenters. The van der Waals surface area contributed by atoms with Crippen LogP contribution in [0.15, 0.2) is 18.2 Å². The highest BCUT2D eigenvalue weighted by Gasteiger charge is 2.21. The summed E-state index contributed by atoms with van der Waals surface area (Å²) in [7, 11) is 1.49. The van der Waals surface area contributed by atoms with Gasteiger partial charge in [0.2, 0.25) is 0 Å². The number of benzene rings is 1. The van der Waals surface area contributed by atoms with Crippen molar-refractivity contribution in [3.63, 3.8) is 0 Å². The maximum atomic E-state index is 10.7. The number of nitrogens with two attached hydrogens (primary N) is 1. The highest BCUT2D eigenvalue weighted by molar-refractivity contribution is 14.1. The van der Waals surface area contributed by atoms with Crippen molar-refractivity contribution in [2.24, 2.45) is 5.73 Å². The first-order valence-electron chi connectivity index (χ1n) is 3.88. The molecule has 3 N–H and O–H groups in total. The number of hydrogen-bond acceptors (Lipinski definition) is 3. The molecule has 0 radical (unpaired) electrons. The number of carboxylic acid groups (broad SMARTS) is 1. The summed E-state index contributed by atoms with van der Waals surface area (Å²) in [6.07, 6.45) is 0. The largest absolute Gasteiger partial charge is 0.496 e. The van der Waals surface area contributed by atoms with Gasteiger partial charge in [-0.3, -0.25) is 4.79 Å². The average Bonchev–Trinajstić information content (AvgIpc) is 2.16. The molecule has 0 unspecified atom stereocenters. The van der Waals surface area contributed by atoms with E-state index >= 15 is 0 Å². The van der Waals surface area contributed by atoms with Gasteiger partial charge >= 0.3 is 5.97 Å². The van der Waals surface area contributed by atoms with E-state index in [1.807, 2.05) is 22.6 Å². The summed E-state index contributed by atoms with van der Waals surface area (Å²) in [4.78, 5) is 10.7. The Labute approximate surface area is 95.2 Å². The third kappa shape index (κ3) is 2.16. The highest BCUT2D eigenvalue weighted by atomic mass is 127. The summed E-state index contributed by atoms with van der Waals surface area (Å²) in [5.41, 5.74) is 6.05. The maximum absolute atomic E-state index is 10.7. The first-order valence-corrected chi connectivity index (χ1v) is 4.96. The molecule has 0 bridgehead atoms. The van der Waals surface area contributed by atoms with Gasteiger partial charge in [0.1, 0.15) is 11.8 Å². The van der Waals surface area contributed by atoms with E-state index in [-0.39, 0.29) is 0 Å². The number of carbonyl (C=O) groups is 1. The zero-order chi connectivity index (χ0) is 10.7. The first kappa shape index (κ1) is 11.3. The van der Waals surface area contributed by atoms with Crippen LogP contribution in [0.1, 0.15) is 11.6 Å². The van der Waals surface area contributed by atoms with Gasteiger partial charge in [-0.05, 0) is 34.7 Å². The standard InChI is InChI=1S/C9H10INO3/c1-14-6-4-2-3-5(10)7(6)8(11)9(12)13/h2-4,8H,11H2,1H3,(H,12,13)/t8-/m0/s1. The lowest BCUT2D eigenvalue weighted by atomic mass is 10.1. The second-order valence-electron chi connectivity index (χ2n) is 2.67. The van der Waals surface area contributed by atoms with Crippen LogP contribution in [-0.2, 0) is 4.79 Å². The number of ether oxygens (including phenoxy) is 1. The minimum atomic E-state index is -1.06. The third-order valence-electron chi connectivity index (χ3n) is 1.81.